The number of nitrogens with one attached hydrogen (secondary N) is 1. The van der Waals surface area contributed by atoms with Crippen molar-refractivity contribution in [1.29, 1.82) is 0 Å². The van der Waals surface area contributed by atoms with Gasteiger partial charge in [0.2, 0.25) is 0 Å². The number of carbonyl (C=O) groups excluding carboxylic acids is 1. The first-order chi connectivity index (χ1) is 3.29. The van der Waals surface area contributed by atoms with Crippen molar-refractivity contribution in [1.82, 2.24) is 5.32 Å². The first kappa shape index (κ1) is 5.01. The van der Waals surface area contributed by atoms with Gasteiger partial charge in [-0.15, -0.1) is 0 Å². The quantitative estimate of drug-likeness (QED) is 0.464. The summed E-state index contributed by atoms with van der Waals surface area (Å²) in [6.07, 6.45) is 1.53. The van der Waals surface area contributed by atoms with E-state index in [0.29, 0.717) is 6.42 Å². The van der Waals surface area contributed by atoms with Crippen molar-refractivity contribution in [2.75, 3.05) is 0 Å². The van der Waals surface area contributed by atoms with E-state index in [9.17, 15) is 4.79 Å². The SMILES string of the molecule is O=C1CCC(=[Se])N1. The minimum absolute atomic E-state index is 0.133. The van der Waals surface area contributed by atoms with Gasteiger partial charge in [0.05, 0.1) is 0 Å². The van der Waals surface area contributed by atoms with Crippen LogP contribution in [0.2, 0.25) is 0 Å². The van der Waals surface area contributed by atoms with Crippen molar-refractivity contribution in [2.24, 2.45) is 0 Å². The summed E-state index contributed by atoms with van der Waals surface area (Å²) in [5.41, 5.74) is 0. The van der Waals surface area contributed by atoms with Crippen LogP contribution >= 0.6 is 0 Å². The molecule has 7 heavy (non-hydrogen) atoms. The van der Waals surface area contributed by atoms with Crippen molar-refractivity contribution in [2.45, 2.75) is 12.8 Å². The van der Waals surface area contributed by atoms with Gasteiger partial charge in [-0.1, -0.05) is 0 Å². The predicted octanol–water partition coefficient (Wildman–Crippen LogP) is -0.805. The fraction of sp³-hybridized carbons (Fsp3) is 0.500. The van der Waals surface area contributed by atoms with Crippen molar-refractivity contribution in [3.05, 3.63) is 0 Å². The Morgan fingerprint density at radius 1 is 1.57 bits per heavy atom. The number of amides is 1. The van der Waals surface area contributed by atoms with Crippen molar-refractivity contribution in [3.8, 4) is 0 Å². The second-order valence-electron chi connectivity index (χ2n) is 1.47. The summed E-state index contributed by atoms with van der Waals surface area (Å²) in [5, 5.41) is 2.64. The third kappa shape index (κ3) is 1.11. The molecule has 2 nitrogen and oxygen atoms in total. The maximum absolute atomic E-state index is 10.3. The van der Waals surface area contributed by atoms with Crippen LogP contribution in [0.15, 0.2) is 0 Å². The fourth-order valence-electron chi connectivity index (χ4n) is 0.508. The van der Waals surface area contributed by atoms with E-state index in [2.05, 4.69) is 20.9 Å². The molecule has 0 aromatic carbocycles. The molecule has 0 spiro atoms. The molecule has 1 rings (SSSR count). The summed E-state index contributed by atoms with van der Waals surface area (Å²) >= 11 is 2.75. The van der Waals surface area contributed by atoms with Gasteiger partial charge in [0.25, 0.3) is 0 Å². The topological polar surface area (TPSA) is 29.1 Å². The first-order valence-electron chi connectivity index (χ1n) is 2.12. The van der Waals surface area contributed by atoms with E-state index in [1.165, 1.54) is 0 Å². The first-order valence-corrected chi connectivity index (χ1v) is 2.97. The molecule has 0 saturated carbocycles. The van der Waals surface area contributed by atoms with Gasteiger partial charge in [0.1, 0.15) is 0 Å². The van der Waals surface area contributed by atoms with E-state index >= 15 is 0 Å². The molecule has 1 fully saturated rings. The Labute approximate surface area is 49.6 Å². The van der Waals surface area contributed by atoms with Crippen LogP contribution in [0.1, 0.15) is 12.8 Å². The second kappa shape index (κ2) is 1.76. The standard InChI is InChI=1S/C4H5NOSe/c6-3-1-2-4(7)5-3/h1-2H2,(H,5,6,7). The molecule has 0 aliphatic carbocycles. The monoisotopic (exact) mass is 163 g/mol. The van der Waals surface area contributed by atoms with Gasteiger partial charge < -0.3 is 0 Å². The van der Waals surface area contributed by atoms with E-state index in [4.69, 9.17) is 0 Å². The molecule has 0 atom stereocenters. The predicted molar refractivity (Wildman–Crippen MR) is 28.1 cm³/mol. The molecule has 3 heteroatoms. The number of hydrogen-bond acceptors (Lipinski definition) is 1. The Balaban J connectivity index is 2.55. The van der Waals surface area contributed by atoms with Gasteiger partial charge >= 0.3 is 49.0 Å². The van der Waals surface area contributed by atoms with E-state index in [1.54, 1.807) is 0 Å². The van der Waals surface area contributed by atoms with Crippen LogP contribution in [0.25, 0.3) is 0 Å². The molecule has 1 aliphatic rings. The summed E-state index contributed by atoms with van der Waals surface area (Å²) < 4.78 is 0.977. The van der Waals surface area contributed by atoms with Gasteiger partial charge in [0, 0.05) is 0 Å². The molecular weight excluding hydrogens is 157 g/mol. The summed E-state index contributed by atoms with van der Waals surface area (Å²) in [6, 6.07) is 0. The third-order valence-electron chi connectivity index (χ3n) is 0.858. The zero-order valence-corrected chi connectivity index (χ0v) is 5.44. The van der Waals surface area contributed by atoms with Crippen molar-refractivity contribution >= 4 is 26.0 Å². The number of hydrogen-bond donors (Lipinski definition) is 1. The van der Waals surface area contributed by atoms with E-state index < -0.39 is 0 Å². The minimum atomic E-state index is 0.133. The Hall–Kier alpha value is -0.141. The van der Waals surface area contributed by atoms with Crippen LogP contribution < -0.4 is 5.32 Å². The molecule has 1 amide bonds. The normalized spacial score (nSPS) is 20.0. The van der Waals surface area contributed by atoms with Crippen LogP contribution in [0.3, 0.4) is 0 Å². The Kier molecular flexibility index (Phi) is 1.26. The maximum atomic E-state index is 10.3. The fourth-order valence-corrected chi connectivity index (χ4v) is 0.961. The zero-order valence-electron chi connectivity index (χ0n) is 3.73. The van der Waals surface area contributed by atoms with E-state index in [1.807, 2.05) is 0 Å². The molecule has 0 aromatic heterocycles. The third-order valence-corrected chi connectivity index (χ3v) is 1.50. The molecule has 0 radical (unpaired) electrons. The van der Waals surface area contributed by atoms with Gasteiger partial charge in [-0.25, -0.2) is 0 Å². The molecule has 1 saturated heterocycles. The van der Waals surface area contributed by atoms with Gasteiger partial charge in [0.15, 0.2) is 0 Å². The van der Waals surface area contributed by atoms with E-state index in [0.717, 1.165) is 11.0 Å². The molecule has 1 N–H and O–H groups in total. The van der Waals surface area contributed by atoms with Crippen molar-refractivity contribution in [3.63, 3.8) is 0 Å². The van der Waals surface area contributed by atoms with Crippen LogP contribution in [0, 0.1) is 0 Å². The summed E-state index contributed by atoms with van der Waals surface area (Å²) in [7, 11) is 0. The summed E-state index contributed by atoms with van der Waals surface area (Å²) in [4.78, 5) is 10.3. The van der Waals surface area contributed by atoms with Crippen LogP contribution in [0.5, 0.6) is 0 Å². The Morgan fingerprint density at radius 2 is 2.29 bits per heavy atom. The average molecular weight is 162 g/mol. The molecular formula is C4H5NOSe. The second-order valence-corrected chi connectivity index (χ2v) is 2.51. The van der Waals surface area contributed by atoms with Crippen molar-refractivity contribution < 1.29 is 4.79 Å². The molecule has 1 aliphatic heterocycles. The molecule has 0 bridgehead atoms. The number of rotatable bonds is 0. The van der Waals surface area contributed by atoms with E-state index in [-0.39, 0.29) is 5.91 Å². The Morgan fingerprint density at radius 3 is 2.43 bits per heavy atom. The van der Waals surface area contributed by atoms with Gasteiger partial charge in [-0.3, -0.25) is 0 Å². The van der Waals surface area contributed by atoms with Crippen LogP contribution in [-0.2, 0) is 4.79 Å². The zero-order chi connectivity index (χ0) is 5.28. The van der Waals surface area contributed by atoms with Gasteiger partial charge in [-0.05, 0) is 0 Å². The molecule has 0 unspecified atom stereocenters. The number of carbonyl (C=O) groups is 1. The summed E-state index contributed by atoms with van der Waals surface area (Å²) in [6.45, 7) is 0. The Bertz CT molecular complexity index is 107. The average Bonchev–Trinajstić information content (AvgIpc) is 1.87. The molecule has 0 aromatic rings. The molecule has 1 heterocycles. The summed E-state index contributed by atoms with van der Waals surface area (Å²) in [5.74, 6) is 0.133. The van der Waals surface area contributed by atoms with Crippen LogP contribution in [-0.4, -0.2) is 26.0 Å². The molecule has 38 valence electrons. The van der Waals surface area contributed by atoms with Gasteiger partial charge in [-0.2, -0.15) is 0 Å². The van der Waals surface area contributed by atoms with Crippen LogP contribution in [0.4, 0.5) is 0 Å².